The fourth-order valence-corrected chi connectivity index (χ4v) is 2.50. The van der Waals surface area contributed by atoms with Gasteiger partial charge in [-0.2, -0.15) is 0 Å². The minimum Gasteiger partial charge on any atom is -0.325 e. The van der Waals surface area contributed by atoms with Crippen molar-refractivity contribution in [1.82, 2.24) is 10.3 Å². The Hall–Kier alpha value is -1.72. The summed E-state index contributed by atoms with van der Waals surface area (Å²) in [7, 11) is 0. The Morgan fingerprint density at radius 3 is 2.84 bits per heavy atom. The second-order valence-corrected chi connectivity index (χ2v) is 5.35. The molecule has 0 radical (unpaired) electrons. The Labute approximate surface area is 116 Å². The summed E-state index contributed by atoms with van der Waals surface area (Å²) in [6.07, 6.45) is 1.88. The maximum atomic E-state index is 11.1. The van der Waals surface area contributed by atoms with Gasteiger partial charge in [-0.25, -0.2) is 0 Å². The first-order valence-electron chi connectivity index (χ1n) is 6.11. The summed E-state index contributed by atoms with van der Waals surface area (Å²) in [6.45, 7) is 5.00. The molecule has 0 bridgehead atoms. The van der Waals surface area contributed by atoms with Crippen molar-refractivity contribution in [2.24, 2.45) is 0 Å². The summed E-state index contributed by atoms with van der Waals surface area (Å²) in [5.74, 6) is -0.0395. The molecule has 19 heavy (non-hydrogen) atoms. The third-order valence-electron chi connectivity index (χ3n) is 2.64. The third-order valence-corrected chi connectivity index (χ3v) is 3.56. The summed E-state index contributed by atoms with van der Waals surface area (Å²) in [4.78, 5) is 16.4. The Bertz CT molecular complexity index is 548. The number of amides is 1. The molecule has 0 spiro atoms. The van der Waals surface area contributed by atoms with Crippen LogP contribution in [0.1, 0.15) is 23.1 Å². The lowest BCUT2D eigenvalue weighted by molar-refractivity contribution is -0.114. The summed E-state index contributed by atoms with van der Waals surface area (Å²) in [5, 5.41) is 8.17. The van der Waals surface area contributed by atoms with E-state index in [-0.39, 0.29) is 5.91 Å². The number of pyridine rings is 1. The fraction of sp³-hybridized carbons (Fsp3) is 0.286. The van der Waals surface area contributed by atoms with Crippen LogP contribution in [0.4, 0.5) is 5.69 Å². The molecule has 0 fully saturated rings. The van der Waals surface area contributed by atoms with Gasteiger partial charge < -0.3 is 10.6 Å². The van der Waals surface area contributed by atoms with Gasteiger partial charge in [-0.15, -0.1) is 11.3 Å². The quantitative estimate of drug-likeness (QED) is 0.882. The summed E-state index contributed by atoms with van der Waals surface area (Å²) in [5.41, 5.74) is 3.07. The van der Waals surface area contributed by atoms with E-state index in [1.165, 1.54) is 6.92 Å². The first-order valence-corrected chi connectivity index (χ1v) is 6.99. The minimum atomic E-state index is -0.0395. The number of carbonyl (C=O) groups excluding carboxylic acids is 1. The normalized spacial score (nSPS) is 10.4. The molecule has 2 heterocycles. The van der Waals surface area contributed by atoms with Crippen LogP contribution < -0.4 is 10.6 Å². The first-order chi connectivity index (χ1) is 9.15. The molecule has 1 amide bonds. The molecular formula is C14H17N3OS. The van der Waals surface area contributed by atoms with Crippen LogP contribution in [0, 0.1) is 6.92 Å². The predicted molar refractivity (Wildman–Crippen MR) is 78.1 cm³/mol. The van der Waals surface area contributed by atoms with Gasteiger partial charge >= 0.3 is 0 Å². The van der Waals surface area contributed by atoms with Crippen LogP contribution >= 0.6 is 11.3 Å². The monoisotopic (exact) mass is 275 g/mol. The molecule has 0 unspecified atom stereocenters. The molecule has 0 aromatic carbocycles. The predicted octanol–water partition coefficient (Wildman–Crippen LogP) is 2.70. The molecule has 0 saturated heterocycles. The van der Waals surface area contributed by atoms with E-state index in [2.05, 4.69) is 21.7 Å². The summed E-state index contributed by atoms with van der Waals surface area (Å²) >= 11 is 1.64. The Morgan fingerprint density at radius 1 is 1.32 bits per heavy atom. The maximum absolute atomic E-state index is 11.1. The Kier molecular flexibility index (Phi) is 4.65. The highest BCUT2D eigenvalue weighted by molar-refractivity contribution is 7.10. The third kappa shape index (κ3) is 4.15. The van der Waals surface area contributed by atoms with E-state index in [1.807, 2.05) is 30.6 Å². The average Bonchev–Trinajstić information content (AvgIpc) is 2.78. The van der Waals surface area contributed by atoms with Crippen molar-refractivity contribution in [1.29, 1.82) is 0 Å². The molecule has 5 heteroatoms. The minimum absolute atomic E-state index is 0.0395. The maximum Gasteiger partial charge on any atom is 0.221 e. The zero-order valence-electron chi connectivity index (χ0n) is 11.1. The Balaban J connectivity index is 1.87. The van der Waals surface area contributed by atoms with E-state index in [1.54, 1.807) is 11.3 Å². The van der Waals surface area contributed by atoms with Gasteiger partial charge in [0.15, 0.2) is 0 Å². The summed E-state index contributed by atoms with van der Waals surface area (Å²) < 4.78 is 0. The summed E-state index contributed by atoms with van der Waals surface area (Å²) in [6, 6.07) is 6.00. The van der Waals surface area contributed by atoms with Crippen LogP contribution in [0.25, 0.3) is 0 Å². The van der Waals surface area contributed by atoms with Crippen molar-refractivity contribution in [3.8, 4) is 0 Å². The van der Waals surface area contributed by atoms with Crippen LogP contribution in [0.2, 0.25) is 0 Å². The van der Waals surface area contributed by atoms with Gasteiger partial charge in [0.25, 0.3) is 0 Å². The van der Waals surface area contributed by atoms with Crippen molar-refractivity contribution < 1.29 is 4.79 Å². The van der Waals surface area contributed by atoms with Gasteiger partial charge in [-0.3, -0.25) is 9.78 Å². The first kappa shape index (κ1) is 13.7. The smallest absolute Gasteiger partial charge is 0.221 e. The number of aromatic nitrogens is 1. The van der Waals surface area contributed by atoms with E-state index < -0.39 is 0 Å². The highest BCUT2D eigenvalue weighted by Crippen LogP contribution is 2.22. The molecule has 0 aliphatic heterocycles. The van der Waals surface area contributed by atoms with Gasteiger partial charge in [0.05, 0.1) is 5.69 Å². The van der Waals surface area contributed by atoms with Crippen LogP contribution in [0.15, 0.2) is 29.8 Å². The standard InChI is InChI=1S/C14H17N3OS/c1-10-3-4-12(8-16-10)7-15-9-14-13(5-6-19-14)17-11(2)18/h3-6,8,15H,7,9H2,1-2H3,(H,17,18). The second-order valence-electron chi connectivity index (χ2n) is 4.35. The van der Waals surface area contributed by atoms with E-state index in [0.29, 0.717) is 0 Å². The number of nitrogens with zero attached hydrogens (tertiary/aromatic N) is 1. The van der Waals surface area contributed by atoms with Crippen molar-refractivity contribution in [2.45, 2.75) is 26.9 Å². The van der Waals surface area contributed by atoms with E-state index in [0.717, 1.165) is 34.9 Å². The SMILES string of the molecule is CC(=O)Nc1ccsc1CNCc1ccc(C)nc1. The zero-order valence-corrected chi connectivity index (χ0v) is 11.9. The molecular weight excluding hydrogens is 258 g/mol. The lowest BCUT2D eigenvalue weighted by Gasteiger charge is -2.06. The lowest BCUT2D eigenvalue weighted by atomic mass is 10.2. The van der Waals surface area contributed by atoms with Gasteiger partial charge in [-0.05, 0) is 30.0 Å². The fourth-order valence-electron chi connectivity index (χ4n) is 1.70. The molecule has 0 aliphatic rings. The van der Waals surface area contributed by atoms with E-state index in [4.69, 9.17) is 0 Å². The number of rotatable bonds is 5. The largest absolute Gasteiger partial charge is 0.325 e. The van der Waals surface area contributed by atoms with E-state index >= 15 is 0 Å². The topological polar surface area (TPSA) is 54.0 Å². The molecule has 0 aliphatic carbocycles. The number of hydrogen-bond donors (Lipinski definition) is 2. The molecule has 100 valence electrons. The van der Waals surface area contributed by atoms with Crippen molar-refractivity contribution >= 4 is 22.9 Å². The molecule has 2 N–H and O–H groups in total. The zero-order chi connectivity index (χ0) is 13.7. The number of nitrogens with one attached hydrogen (secondary N) is 2. The number of thiophene rings is 1. The average molecular weight is 275 g/mol. The van der Waals surface area contributed by atoms with Crippen LogP contribution in [-0.2, 0) is 17.9 Å². The van der Waals surface area contributed by atoms with Crippen LogP contribution in [-0.4, -0.2) is 10.9 Å². The molecule has 2 rings (SSSR count). The van der Waals surface area contributed by atoms with Gasteiger partial charge in [0.2, 0.25) is 5.91 Å². The number of hydrogen-bond acceptors (Lipinski definition) is 4. The number of anilines is 1. The highest BCUT2D eigenvalue weighted by atomic mass is 32.1. The van der Waals surface area contributed by atoms with Crippen molar-refractivity contribution in [2.75, 3.05) is 5.32 Å². The molecule has 0 saturated carbocycles. The highest BCUT2D eigenvalue weighted by Gasteiger charge is 2.05. The van der Waals surface area contributed by atoms with Gasteiger partial charge in [0.1, 0.15) is 0 Å². The molecule has 4 nitrogen and oxygen atoms in total. The molecule has 2 aromatic rings. The van der Waals surface area contributed by atoms with Gasteiger partial charge in [0, 0.05) is 36.8 Å². The van der Waals surface area contributed by atoms with Crippen molar-refractivity contribution in [3.05, 3.63) is 45.9 Å². The van der Waals surface area contributed by atoms with E-state index in [9.17, 15) is 4.79 Å². The Morgan fingerprint density at radius 2 is 2.16 bits per heavy atom. The molecule has 0 atom stereocenters. The molecule has 2 aromatic heterocycles. The van der Waals surface area contributed by atoms with Crippen molar-refractivity contribution in [3.63, 3.8) is 0 Å². The van der Waals surface area contributed by atoms with Crippen LogP contribution in [0.3, 0.4) is 0 Å². The second kappa shape index (κ2) is 6.45. The van der Waals surface area contributed by atoms with Gasteiger partial charge in [-0.1, -0.05) is 6.07 Å². The number of carbonyl (C=O) groups is 1. The number of aryl methyl sites for hydroxylation is 1. The van der Waals surface area contributed by atoms with Crippen LogP contribution in [0.5, 0.6) is 0 Å². The lowest BCUT2D eigenvalue weighted by Crippen LogP contribution is -2.14.